The molecule has 22 heavy (non-hydrogen) atoms. The number of benzene rings is 1. The van der Waals surface area contributed by atoms with Crippen LogP contribution in [0, 0.1) is 0 Å². The standard InChI is InChI=1S/C17H15IO4/c18-12-17(21-9-10-22-17)14(11-13-5-2-1-3-6-13)16(19)15-7-4-8-20-15/h1-8,11H,9-10,12H2/b14-11+. The molecule has 0 unspecified atom stereocenters. The van der Waals surface area contributed by atoms with E-state index < -0.39 is 5.79 Å². The Morgan fingerprint density at radius 1 is 1.14 bits per heavy atom. The van der Waals surface area contributed by atoms with Gasteiger partial charge in [-0.3, -0.25) is 4.79 Å². The van der Waals surface area contributed by atoms with Crippen molar-refractivity contribution in [1.82, 2.24) is 0 Å². The minimum atomic E-state index is -1.01. The maximum Gasteiger partial charge on any atom is 0.229 e. The average Bonchev–Trinajstić information content (AvgIpc) is 3.25. The first-order valence-electron chi connectivity index (χ1n) is 6.94. The van der Waals surface area contributed by atoms with Gasteiger partial charge in [0.05, 0.1) is 29.5 Å². The van der Waals surface area contributed by atoms with Gasteiger partial charge in [0.15, 0.2) is 5.76 Å². The third kappa shape index (κ3) is 3.02. The highest BCUT2D eigenvalue weighted by molar-refractivity contribution is 14.1. The Labute approximate surface area is 142 Å². The maximum absolute atomic E-state index is 12.8. The molecule has 1 aliphatic rings. The van der Waals surface area contributed by atoms with E-state index in [2.05, 4.69) is 22.6 Å². The second-order valence-electron chi connectivity index (χ2n) is 4.86. The molecule has 1 fully saturated rings. The molecule has 5 heteroatoms. The largest absolute Gasteiger partial charge is 0.461 e. The van der Waals surface area contributed by atoms with Crippen LogP contribution in [0.4, 0.5) is 0 Å². The lowest BCUT2D eigenvalue weighted by molar-refractivity contribution is -0.0998. The van der Waals surface area contributed by atoms with E-state index in [1.807, 2.05) is 36.4 Å². The van der Waals surface area contributed by atoms with Crippen LogP contribution in [0.2, 0.25) is 0 Å². The Morgan fingerprint density at radius 2 is 1.86 bits per heavy atom. The number of alkyl halides is 1. The molecule has 0 atom stereocenters. The van der Waals surface area contributed by atoms with Crippen molar-refractivity contribution in [3.8, 4) is 0 Å². The first-order chi connectivity index (χ1) is 10.7. The Morgan fingerprint density at radius 3 is 2.45 bits per heavy atom. The molecular formula is C17H15IO4. The number of Topliss-reactive ketones (excluding diaryl/α,β-unsaturated/α-hetero) is 1. The number of hydrogen-bond donors (Lipinski definition) is 0. The number of carbonyl (C=O) groups excluding carboxylic acids is 1. The minimum absolute atomic E-state index is 0.215. The molecule has 4 nitrogen and oxygen atoms in total. The van der Waals surface area contributed by atoms with Crippen molar-refractivity contribution in [3.63, 3.8) is 0 Å². The molecule has 0 N–H and O–H groups in total. The zero-order chi connectivity index (χ0) is 15.4. The highest BCUT2D eigenvalue weighted by Crippen LogP contribution is 2.34. The number of hydrogen-bond acceptors (Lipinski definition) is 4. The van der Waals surface area contributed by atoms with Gasteiger partial charge in [0.1, 0.15) is 0 Å². The van der Waals surface area contributed by atoms with Gasteiger partial charge in [-0.15, -0.1) is 0 Å². The van der Waals surface area contributed by atoms with Crippen molar-refractivity contribution in [1.29, 1.82) is 0 Å². The zero-order valence-corrected chi connectivity index (χ0v) is 14.0. The lowest BCUT2D eigenvalue weighted by Crippen LogP contribution is -2.38. The summed E-state index contributed by atoms with van der Waals surface area (Å²) < 4.78 is 17.3. The summed E-state index contributed by atoms with van der Waals surface area (Å²) in [5.74, 6) is -0.946. The van der Waals surface area contributed by atoms with Crippen LogP contribution in [-0.4, -0.2) is 29.2 Å². The third-order valence-electron chi connectivity index (χ3n) is 3.44. The number of ketones is 1. The van der Waals surface area contributed by atoms with Crippen LogP contribution in [0.3, 0.4) is 0 Å². The monoisotopic (exact) mass is 410 g/mol. The molecule has 1 aromatic carbocycles. The number of ether oxygens (including phenoxy) is 2. The average molecular weight is 410 g/mol. The molecule has 2 aromatic rings. The van der Waals surface area contributed by atoms with E-state index in [4.69, 9.17) is 13.9 Å². The summed E-state index contributed by atoms with van der Waals surface area (Å²) in [6.07, 6.45) is 3.30. The van der Waals surface area contributed by atoms with E-state index in [0.717, 1.165) is 5.56 Å². The first-order valence-corrected chi connectivity index (χ1v) is 8.47. The predicted molar refractivity (Wildman–Crippen MR) is 91.0 cm³/mol. The van der Waals surface area contributed by atoms with Crippen LogP contribution in [0.15, 0.2) is 58.7 Å². The van der Waals surface area contributed by atoms with Gasteiger partial charge in [-0.05, 0) is 23.8 Å². The fraction of sp³-hybridized carbons (Fsp3) is 0.235. The van der Waals surface area contributed by atoms with Gasteiger partial charge in [0.2, 0.25) is 11.6 Å². The summed E-state index contributed by atoms with van der Waals surface area (Å²) in [6, 6.07) is 13.0. The summed E-state index contributed by atoms with van der Waals surface area (Å²) in [5, 5.41) is 0. The van der Waals surface area contributed by atoms with Gasteiger partial charge in [0.25, 0.3) is 0 Å². The Balaban J connectivity index is 2.06. The number of halogens is 1. The molecule has 2 heterocycles. The van der Waals surface area contributed by atoms with Crippen molar-refractivity contribution in [2.75, 3.05) is 17.6 Å². The van der Waals surface area contributed by atoms with E-state index >= 15 is 0 Å². The molecule has 1 aromatic heterocycles. The van der Waals surface area contributed by atoms with Crippen molar-refractivity contribution in [2.45, 2.75) is 5.79 Å². The quantitative estimate of drug-likeness (QED) is 0.326. The van der Waals surface area contributed by atoms with Crippen molar-refractivity contribution in [2.24, 2.45) is 0 Å². The Hall–Kier alpha value is -1.44. The van der Waals surface area contributed by atoms with Crippen LogP contribution in [0.5, 0.6) is 0 Å². The Bertz CT molecular complexity index is 655. The highest BCUT2D eigenvalue weighted by Gasteiger charge is 2.43. The van der Waals surface area contributed by atoms with Crippen molar-refractivity contribution >= 4 is 34.5 Å². The second-order valence-corrected chi connectivity index (χ2v) is 5.62. The van der Waals surface area contributed by atoms with Gasteiger partial charge in [-0.2, -0.15) is 0 Å². The fourth-order valence-electron chi connectivity index (χ4n) is 2.36. The molecule has 0 amide bonds. The van der Waals surface area contributed by atoms with E-state index in [1.54, 1.807) is 12.1 Å². The first kappa shape index (κ1) is 15.5. The smallest absolute Gasteiger partial charge is 0.229 e. The zero-order valence-electron chi connectivity index (χ0n) is 11.8. The van der Waals surface area contributed by atoms with Crippen molar-refractivity contribution < 1.29 is 18.7 Å². The van der Waals surface area contributed by atoms with Gasteiger partial charge in [0, 0.05) is 0 Å². The molecule has 0 spiro atoms. The number of furan rings is 1. The van der Waals surface area contributed by atoms with Crippen LogP contribution in [0.1, 0.15) is 16.1 Å². The normalized spacial score (nSPS) is 17.6. The van der Waals surface area contributed by atoms with E-state index in [-0.39, 0.29) is 11.5 Å². The summed E-state index contributed by atoms with van der Waals surface area (Å²) in [7, 11) is 0. The molecular weight excluding hydrogens is 395 g/mol. The number of carbonyl (C=O) groups is 1. The van der Waals surface area contributed by atoms with Gasteiger partial charge < -0.3 is 13.9 Å². The minimum Gasteiger partial charge on any atom is -0.461 e. The highest BCUT2D eigenvalue weighted by atomic mass is 127. The summed E-state index contributed by atoms with van der Waals surface area (Å²) in [4.78, 5) is 12.8. The van der Waals surface area contributed by atoms with Gasteiger partial charge >= 0.3 is 0 Å². The topological polar surface area (TPSA) is 48.7 Å². The fourth-order valence-corrected chi connectivity index (χ4v) is 3.22. The molecule has 0 saturated carbocycles. The molecule has 0 bridgehead atoms. The molecule has 0 aliphatic carbocycles. The summed E-state index contributed by atoms with van der Waals surface area (Å²) in [6.45, 7) is 0.946. The predicted octanol–water partition coefficient (Wildman–Crippen LogP) is 3.72. The van der Waals surface area contributed by atoms with Crippen LogP contribution in [0.25, 0.3) is 6.08 Å². The van der Waals surface area contributed by atoms with E-state index in [9.17, 15) is 4.79 Å². The molecule has 1 aliphatic heterocycles. The third-order valence-corrected chi connectivity index (χ3v) is 4.44. The molecule has 0 radical (unpaired) electrons. The lowest BCUT2D eigenvalue weighted by Gasteiger charge is -2.27. The van der Waals surface area contributed by atoms with Crippen molar-refractivity contribution in [3.05, 3.63) is 65.6 Å². The van der Waals surface area contributed by atoms with Crippen LogP contribution in [-0.2, 0) is 9.47 Å². The van der Waals surface area contributed by atoms with E-state index in [0.29, 0.717) is 23.2 Å². The van der Waals surface area contributed by atoms with Gasteiger partial charge in [-0.25, -0.2) is 0 Å². The lowest BCUT2D eigenvalue weighted by atomic mass is 9.98. The summed E-state index contributed by atoms with van der Waals surface area (Å²) in [5.41, 5.74) is 1.38. The SMILES string of the molecule is O=C(/C(=C\c1ccccc1)C1(CI)OCCO1)c1ccco1. The van der Waals surface area contributed by atoms with Gasteiger partial charge in [-0.1, -0.05) is 52.9 Å². The molecule has 1 saturated heterocycles. The second kappa shape index (κ2) is 6.76. The van der Waals surface area contributed by atoms with E-state index in [1.165, 1.54) is 6.26 Å². The number of rotatable bonds is 5. The summed E-state index contributed by atoms with van der Waals surface area (Å²) >= 11 is 2.18. The van der Waals surface area contributed by atoms with Crippen LogP contribution >= 0.6 is 22.6 Å². The Kier molecular flexibility index (Phi) is 4.75. The molecule has 114 valence electrons. The molecule has 3 rings (SSSR count). The maximum atomic E-state index is 12.8. The van der Waals surface area contributed by atoms with Crippen LogP contribution < -0.4 is 0 Å².